The molecule has 1 spiro atoms. The molecule has 29 heavy (non-hydrogen) atoms. The van der Waals surface area contributed by atoms with Gasteiger partial charge in [-0.25, -0.2) is 4.79 Å². The van der Waals surface area contributed by atoms with Gasteiger partial charge in [-0.2, -0.15) is 5.01 Å². The number of thioether (sulfide) groups is 2. The van der Waals surface area contributed by atoms with Crippen molar-refractivity contribution in [3.05, 3.63) is 11.8 Å². The number of quaternary nitrogens is 1. The van der Waals surface area contributed by atoms with Crippen LogP contribution in [-0.2, 0) is 9.59 Å². The zero-order chi connectivity index (χ0) is 21.3. The van der Waals surface area contributed by atoms with E-state index in [4.69, 9.17) is 0 Å². The lowest BCUT2D eigenvalue weighted by atomic mass is 10.1. The second kappa shape index (κ2) is 12.3. The molecule has 0 aromatic rings. The van der Waals surface area contributed by atoms with E-state index in [1.807, 2.05) is 16.8 Å². The highest BCUT2D eigenvalue weighted by Gasteiger charge is 2.68. The number of hydrogen-bond acceptors (Lipinski definition) is 5. The molecule has 2 saturated heterocycles. The molecule has 3 atom stereocenters. The lowest BCUT2D eigenvalue weighted by Gasteiger charge is -2.51. The van der Waals surface area contributed by atoms with Crippen molar-refractivity contribution in [1.82, 2.24) is 5.01 Å². The molecular weight excluding hydrogens is 404 g/mol. The zero-order valence-electron chi connectivity index (χ0n) is 18.4. The number of carbonyl (C=O) groups is 2. The van der Waals surface area contributed by atoms with E-state index < -0.39 is 0 Å². The molecule has 3 unspecified atom stereocenters. The smallest absolute Gasteiger partial charge is 0.380 e. The topological polar surface area (TPSA) is 57.6 Å². The normalized spacial score (nSPS) is 26.5. The molecule has 2 rings (SSSR count). The number of unbranched alkanes of at least 4 members (excludes halogenated alkanes) is 6. The van der Waals surface area contributed by atoms with Crippen molar-refractivity contribution in [1.29, 1.82) is 0 Å². The highest BCUT2D eigenvalue weighted by atomic mass is 32.2. The number of rotatable bonds is 14. The zero-order valence-corrected chi connectivity index (χ0v) is 20.0. The van der Waals surface area contributed by atoms with Crippen molar-refractivity contribution in [2.24, 2.45) is 0 Å². The fraction of sp³-hybridized carbons (Fsp3) is 0.818. The van der Waals surface area contributed by atoms with Crippen molar-refractivity contribution in [3.63, 3.8) is 0 Å². The number of carbonyl (C=O) groups excluding carboxylic acids is 2. The van der Waals surface area contributed by atoms with Crippen LogP contribution in [0.15, 0.2) is 11.8 Å². The molecule has 166 valence electrons. The van der Waals surface area contributed by atoms with Crippen LogP contribution < -0.4 is 0 Å². The van der Waals surface area contributed by atoms with E-state index in [0.29, 0.717) is 6.54 Å². The summed E-state index contributed by atoms with van der Waals surface area (Å²) in [5.74, 6) is 1.53. The minimum Gasteiger partial charge on any atom is -0.514 e. The summed E-state index contributed by atoms with van der Waals surface area (Å²) in [4.78, 5) is 26.3. The Morgan fingerprint density at radius 3 is 2.24 bits per heavy atom. The quantitative estimate of drug-likeness (QED) is 0.124. The molecule has 2 amide bonds. The Balaban J connectivity index is 2.09. The molecule has 2 aliphatic rings. The lowest BCUT2D eigenvalue weighted by Crippen LogP contribution is -2.72. The Labute approximate surface area is 185 Å². The van der Waals surface area contributed by atoms with Gasteiger partial charge >= 0.3 is 11.8 Å². The van der Waals surface area contributed by atoms with Crippen LogP contribution in [0, 0.1) is 0 Å². The number of amides is 2. The molecule has 2 aliphatic heterocycles. The Morgan fingerprint density at radius 1 is 1.07 bits per heavy atom. The van der Waals surface area contributed by atoms with Crippen LogP contribution in [0.2, 0.25) is 0 Å². The maximum atomic E-state index is 13.2. The minimum atomic E-state index is -0.290. The van der Waals surface area contributed by atoms with Gasteiger partial charge in [-0.3, -0.25) is 4.79 Å². The molecule has 7 heteroatoms. The molecule has 0 aromatic heterocycles. The van der Waals surface area contributed by atoms with E-state index in [2.05, 4.69) is 20.8 Å². The van der Waals surface area contributed by atoms with Gasteiger partial charge in [-0.05, 0) is 30.8 Å². The van der Waals surface area contributed by atoms with Crippen LogP contribution in [0.3, 0.4) is 0 Å². The summed E-state index contributed by atoms with van der Waals surface area (Å²) in [7, 11) is 0. The first kappa shape index (κ1) is 24.6. The van der Waals surface area contributed by atoms with Crippen molar-refractivity contribution >= 4 is 35.3 Å². The second-order valence-electron chi connectivity index (χ2n) is 8.02. The van der Waals surface area contributed by atoms with Gasteiger partial charge in [0.25, 0.3) is 0 Å². The molecule has 2 fully saturated rings. The van der Waals surface area contributed by atoms with Gasteiger partial charge in [0.05, 0.1) is 6.42 Å². The Bertz CT molecular complexity index is 584. The molecular formula is C22H39N2O3S2+. The maximum Gasteiger partial charge on any atom is 0.380 e. The first-order valence-electron chi connectivity index (χ1n) is 11.4. The van der Waals surface area contributed by atoms with Gasteiger partial charge in [0.1, 0.15) is 18.2 Å². The van der Waals surface area contributed by atoms with Gasteiger partial charge in [0, 0.05) is 0 Å². The number of hydrogen-bond donors (Lipinski definition) is 1. The Morgan fingerprint density at radius 2 is 1.72 bits per heavy atom. The largest absolute Gasteiger partial charge is 0.514 e. The average Bonchev–Trinajstić information content (AvgIpc) is 2.94. The van der Waals surface area contributed by atoms with Crippen LogP contribution in [0.1, 0.15) is 85.0 Å². The van der Waals surface area contributed by atoms with E-state index in [1.165, 1.54) is 38.5 Å². The van der Waals surface area contributed by atoms with E-state index >= 15 is 0 Å². The minimum absolute atomic E-state index is 0.0194. The summed E-state index contributed by atoms with van der Waals surface area (Å²) < 4.78 is 0.101. The molecule has 0 saturated carbocycles. The van der Waals surface area contributed by atoms with E-state index in [-0.39, 0.29) is 32.7 Å². The Kier molecular flexibility index (Phi) is 10.4. The first-order valence-corrected chi connectivity index (χ1v) is 13.5. The third-order valence-corrected chi connectivity index (χ3v) is 8.90. The number of nitrogens with zero attached hydrogens (tertiary/aromatic N) is 2. The fourth-order valence-electron chi connectivity index (χ4n) is 4.18. The maximum absolute atomic E-state index is 13.2. The highest BCUT2D eigenvalue weighted by Crippen LogP contribution is 2.47. The van der Waals surface area contributed by atoms with Crippen molar-refractivity contribution in [3.8, 4) is 0 Å². The lowest BCUT2D eigenvalue weighted by molar-refractivity contribution is -0.994. The average molecular weight is 444 g/mol. The van der Waals surface area contributed by atoms with Crippen molar-refractivity contribution in [2.45, 2.75) is 95.7 Å². The third-order valence-electron chi connectivity index (χ3n) is 5.97. The number of aliphatic hydroxyl groups excluding tert-OH is 1. The summed E-state index contributed by atoms with van der Waals surface area (Å²) in [5, 5.41) is 11.5. The summed E-state index contributed by atoms with van der Waals surface area (Å²) in [6.07, 6.45) is 12.2. The van der Waals surface area contributed by atoms with E-state index in [0.717, 1.165) is 43.5 Å². The second-order valence-corrected chi connectivity index (χ2v) is 10.6. The van der Waals surface area contributed by atoms with Crippen LogP contribution in [0.5, 0.6) is 0 Å². The monoisotopic (exact) mass is 443 g/mol. The van der Waals surface area contributed by atoms with Gasteiger partial charge in [-0.1, -0.05) is 71.1 Å². The van der Waals surface area contributed by atoms with Gasteiger partial charge in [0.2, 0.25) is 0 Å². The van der Waals surface area contributed by atoms with Gasteiger partial charge in [0.15, 0.2) is 10.9 Å². The first-order chi connectivity index (χ1) is 14.1. The van der Waals surface area contributed by atoms with E-state index in [9.17, 15) is 14.7 Å². The molecule has 2 heterocycles. The van der Waals surface area contributed by atoms with E-state index in [1.54, 1.807) is 11.8 Å². The molecule has 0 bridgehead atoms. The standard InChI is InChI=1S/C22H38N2O3S2/c1-4-7-9-11-15-28-19(6-3)23-21(26)18(17-25)22(27)24(23)14-13-20(24)29-16-12-10-8-5-2/h17,19-20H,4-16H2,1-3H3/p+1. The summed E-state index contributed by atoms with van der Waals surface area (Å²) in [6.45, 7) is 7.17. The summed E-state index contributed by atoms with van der Waals surface area (Å²) in [5.41, 5.74) is -0.0358. The molecule has 0 aliphatic carbocycles. The van der Waals surface area contributed by atoms with Gasteiger partial charge in [-0.15, -0.1) is 16.4 Å². The van der Waals surface area contributed by atoms with Crippen molar-refractivity contribution < 1.29 is 19.3 Å². The van der Waals surface area contributed by atoms with Crippen LogP contribution in [-0.4, -0.2) is 55.3 Å². The third kappa shape index (κ3) is 5.34. The van der Waals surface area contributed by atoms with Crippen LogP contribution in [0.4, 0.5) is 0 Å². The predicted molar refractivity (Wildman–Crippen MR) is 123 cm³/mol. The Hall–Kier alpha value is -0.660. The summed E-state index contributed by atoms with van der Waals surface area (Å²) >= 11 is 3.63. The molecule has 5 nitrogen and oxygen atoms in total. The van der Waals surface area contributed by atoms with Gasteiger partial charge < -0.3 is 5.11 Å². The predicted octanol–water partition coefficient (Wildman–Crippen LogP) is 5.62. The number of aliphatic hydroxyl groups is 1. The van der Waals surface area contributed by atoms with Crippen molar-refractivity contribution in [2.75, 3.05) is 18.1 Å². The molecule has 1 N–H and O–H groups in total. The van der Waals surface area contributed by atoms with Crippen LogP contribution in [0.25, 0.3) is 0 Å². The highest BCUT2D eigenvalue weighted by molar-refractivity contribution is 8.00. The fourth-order valence-corrected chi connectivity index (χ4v) is 6.92. The SMILES string of the molecule is CCCCCCSC(CC)N1C(=O)/C(=C\O)C(=O)[N+]12CCC2SCCCCCC. The molecule has 0 aromatic carbocycles. The van der Waals surface area contributed by atoms with Crippen LogP contribution >= 0.6 is 23.5 Å². The molecule has 0 radical (unpaired) electrons. The summed E-state index contributed by atoms with van der Waals surface area (Å²) in [6, 6.07) is 0.